The van der Waals surface area contributed by atoms with Crippen LogP contribution >= 0.6 is 0 Å². The molecule has 5 heteroatoms. The highest BCUT2D eigenvalue weighted by Crippen LogP contribution is 2.25. The summed E-state index contributed by atoms with van der Waals surface area (Å²) in [5.41, 5.74) is 0.327. The van der Waals surface area contributed by atoms with Crippen LogP contribution in [0, 0.1) is 11.7 Å². The maximum Gasteiger partial charge on any atom is 0.412 e. The Morgan fingerprint density at radius 1 is 1.26 bits per heavy atom. The van der Waals surface area contributed by atoms with E-state index in [1.165, 1.54) is 38.2 Å². The monoisotopic (exact) mass is 322 g/mol. The van der Waals surface area contributed by atoms with Crippen LogP contribution in [-0.2, 0) is 4.74 Å². The second kappa shape index (κ2) is 7.66. The fraction of sp³-hybridized carbons (Fsp3) is 0.611. The van der Waals surface area contributed by atoms with E-state index in [9.17, 15) is 9.18 Å². The molecule has 0 spiro atoms. The molecule has 1 fully saturated rings. The minimum Gasteiger partial charge on any atom is -0.444 e. The van der Waals surface area contributed by atoms with Gasteiger partial charge in [-0.2, -0.15) is 0 Å². The minimum atomic E-state index is -0.652. The average molecular weight is 322 g/mol. The Balaban J connectivity index is 1.93. The lowest BCUT2D eigenvalue weighted by molar-refractivity contribution is 0.0635. The van der Waals surface area contributed by atoms with E-state index in [2.05, 4.69) is 10.6 Å². The van der Waals surface area contributed by atoms with Crippen molar-refractivity contribution in [3.8, 4) is 0 Å². The summed E-state index contributed by atoms with van der Waals surface area (Å²) in [7, 11) is 0. The van der Waals surface area contributed by atoms with Crippen molar-refractivity contribution in [2.24, 2.45) is 5.92 Å². The van der Waals surface area contributed by atoms with Gasteiger partial charge in [-0.25, -0.2) is 9.18 Å². The molecule has 0 atom stereocenters. The average Bonchev–Trinajstić information content (AvgIpc) is 2.47. The number of hydrogen-bond donors (Lipinski definition) is 2. The van der Waals surface area contributed by atoms with Crippen LogP contribution in [0.2, 0.25) is 0 Å². The van der Waals surface area contributed by atoms with Crippen molar-refractivity contribution < 1.29 is 13.9 Å². The van der Waals surface area contributed by atoms with Crippen LogP contribution in [0.1, 0.15) is 52.9 Å². The lowest BCUT2D eigenvalue weighted by Crippen LogP contribution is -2.27. The van der Waals surface area contributed by atoms with Gasteiger partial charge >= 0.3 is 6.09 Å². The molecule has 0 heterocycles. The Hall–Kier alpha value is -1.78. The summed E-state index contributed by atoms with van der Waals surface area (Å²) in [5, 5.41) is 5.81. The molecule has 1 aliphatic rings. The number of anilines is 2. The Kier molecular flexibility index (Phi) is 5.85. The lowest BCUT2D eigenvalue weighted by Gasteiger charge is -2.22. The van der Waals surface area contributed by atoms with Crippen molar-refractivity contribution in [2.45, 2.75) is 58.5 Å². The summed E-state index contributed by atoms with van der Waals surface area (Å²) < 4.78 is 19.0. The number of carbonyl (C=O) groups is 1. The van der Waals surface area contributed by atoms with Crippen molar-refractivity contribution in [2.75, 3.05) is 17.2 Å². The van der Waals surface area contributed by atoms with E-state index in [0.717, 1.165) is 12.2 Å². The van der Waals surface area contributed by atoms with E-state index < -0.39 is 17.5 Å². The quantitative estimate of drug-likeness (QED) is 0.804. The second-order valence-electron chi connectivity index (χ2n) is 7.21. The summed E-state index contributed by atoms with van der Waals surface area (Å²) >= 11 is 0. The SMILES string of the molecule is CC(C)(C)OC(=O)Nc1cc(NCC2CCCCC2)ccc1F. The van der Waals surface area contributed by atoms with E-state index in [1.54, 1.807) is 32.9 Å². The minimum absolute atomic E-state index is 0.132. The highest BCUT2D eigenvalue weighted by molar-refractivity contribution is 5.85. The first kappa shape index (κ1) is 17.6. The van der Waals surface area contributed by atoms with Gasteiger partial charge < -0.3 is 10.1 Å². The molecule has 0 saturated heterocycles. The third-order valence-corrected chi connectivity index (χ3v) is 3.92. The number of nitrogens with one attached hydrogen (secondary N) is 2. The number of amides is 1. The van der Waals surface area contributed by atoms with Gasteiger partial charge in [0.15, 0.2) is 0 Å². The first-order chi connectivity index (χ1) is 10.8. The molecule has 2 N–H and O–H groups in total. The molecular formula is C18H27FN2O2. The van der Waals surface area contributed by atoms with Crippen LogP contribution in [0.3, 0.4) is 0 Å². The zero-order valence-corrected chi connectivity index (χ0v) is 14.2. The number of rotatable bonds is 4. The van der Waals surface area contributed by atoms with Crippen molar-refractivity contribution in [1.29, 1.82) is 0 Å². The maximum absolute atomic E-state index is 13.9. The summed E-state index contributed by atoms with van der Waals surface area (Å²) in [5.74, 6) is 0.204. The molecule has 1 aromatic rings. The highest BCUT2D eigenvalue weighted by atomic mass is 19.1. The molecule has 0 unspecified atom stereocenters. The zero-order valence-electron chi connectivity index (χ0n) is 14.2. The van der Waals surface area contributed by atoms with E-state index in [4.69, 9.17) is 4.74 Å². The fourth-order valence-electron chi connectivity index (χ4n) is 2.80. The molecule has 1 aromatic carbocycles. The number of ether oxygens (including phenoxy) is 1. The van der Waals surface area contributed by atoms with Gasteiger partial charge in [-0.15, -0.1) is 0 Å². The molecule has 0 radical (unpaired) electrons. The van der Waals surface area contributed by atoms with Crippen molar-refractivity contribution >= 4 is 17.5 Å². The molecule has 0 bridgehead atoms. The molecule has 0 aromatic heterocycles. The Morgan fingerprint density at radius 3 is 2.61 bits per heavy atom. The molecule has 128 valence electrons. The Morgan fingerprint density at radius 2 is 1.96 bits per heavy atom. The van der Waals surface area contributed by atoms with Gasteiger partial charge in [0, 0.05) is 12.2 Å². The molecule has 4 nitrogen and oxygen atoms in total. The van der Waals surface area contributed by atoms with Crippen LogP contribution in [0.5, 0.6) is 0 Å². The number of benzene rings is 1. The summed E-state index contributed by atoms with van der Waals surface area (Å²) in [6.07, 6.45) is 5.76. The molecule has 0 aliphatic heterocycles. The fourth-order valence-corrected chi connectivity index (χ4v) is 2.80. The predicted octanol–water partition coefficient (Wildman–Crippen LogP) is 5.16. The third-order valence-electron chi connectivity index (χ3n) is 3.92. The lowest BCUT2D eigenvalue weighted by atomic mass is 9.89. The summed E-state index contributed by atoms with van der Waals surface area (Å²) in [6, 6.07) is 4.66. The number of carbonyl (C=O) groups excluding carboxylic acids is 1. The predicted molar refractivity (Wildman–Crippen MR) is 91.3 cm³/mol. The van der Waals surface area contributed by atoms with Gasteiger partial charge in [0.25, 0.3) is 0 Å². The molecule has 1 saturated carbocycles. The first-order valence-corrected chi connectivity index (χ1v) is 8.37. The Labute approximate surface area is 137 Å². The first-order valence-electron chi connectivity index (χ1n) is 8.37. The summed E-state index contributed by atoms with van der Waals surface area (Å²) in [6.45, 7) is 6.19. The molecular weight excluding hydrogens is 295 g/mol. The molecule has 23 heavy (non-hydrogen) atoms. The van der Waals surface area contributed by atoms with Gasteiger partial charge in [0.2, 0.25) is 0 Å². The van der Waals surface area contributed by atoms with Crippen molar-refractivity contribution in [1.82, 2.24) is 0 Å². The molecule has 1 amide bonds. The largest absolute Gasteiger partial charge is 0.444 e. The second-order valence-corrected chi connectivity index (χ2v) is 7.21. The van der Waals surface area contributed by atoms with E-state index in [-0.39, 0.29) is 5.69 Å². The van der Waals surface area contributed by atoms with E-state index in [1.807, 2.05) is 0 Å². The van der Waals surface area contributed by atoms with Crippen LogP contribution in [-0.4, -0.2) is 18.2 Å². The topological polar surface area (TPSA) is 50.4 Å². The Bertz CT molecular complexity index is 534. The molecule has 1 aliphatic carbocycles. The smallest absolute Gasteiger partial charge is 0.412 e. The van der Waals surface area contributed by atoms with Crippen molar-refractivity contribution in [3.63, 3.8) is 0 Å². The standard InChI is InChI=1S/C18H27FN2O2/c1-18(2,3)23-17(22)21-16-11-14(9-10-15(16)19)20-12-13-7-5-4-6-8-13/h9-11,13,20H,4-8,12H2,1-3H3,(H,21,22). The summed E-state index contributed by atoms with van der Waals surface area (Å²) in [4.78, 5) is 11.8. The molecule has 2 rings (SSSR count). The van der Waals surface area contributed by atoms with E-state index >= 15 is 0 Å². The van der Waals surface area contributed by atoms with Crippen molar-refractivity contribution in [3.05, 3.63) is 24.0 Å². The maximum atomic E-state index is 13.9. The van der Waals surface area contributed by atoms with Gasteiger partial charge in [-0.3, -0.25) is 5.32 Å². The van der Waals surface area contributed by atoms with Gasteiger partial charge in [-0.05, 0) is 57.7 Å². The van der Waals surface area contributed by atoms with Gasteiger partial charge in [-0.1, -0.05) is 19.3 Å². The van der Waals surface area contributed by atoms with Gasteiger partial charge in [0.1, 0.15) is 11.4 Å². The third kappa shape index (κ3) is 6.08. The zero-order chi connectivity index (χ0) is 16.9. The normalized spacial score (nSPS) is 16.0. The van der Waals surface area contributed by atoms with Gasteiger partial charge in [0.05, 0.1) is 5.69 Å². The number of hydrogen-bond acceptors (Lipinski definition) is 3. The van der Waals surface area contributed by atoms with Crippen LogP contribution in [0.25, 0.3) is 0 Å². The van der Waals surface area contributed by atoms with Crippen LogP contribution in [0.4, 0.5) is 20.6 Å². The number of halogens is 1. The van der Waals surface area contributed by atoms with Crippen LogP contribution < -0.4 is 10.6 Å². The van der Waals surface area contributed by atoms with E-state index in [0.29, 0.717) is 5.92 Å². The van der Waals surface area contributed by atoms with Crippen LogP contribution in [0.15, 0.2) is 18.2 Å². The highest BCUT2D eigenvalue weighted by Gasteiger charge is 2.18.